The van der Waals surface area contributed by atoms with Gasteiger partial charge in [0.25, 0.3) is 0 Å². The van der Waals surface area contributed by atoms with Crippen molar-refractivity contribution in [2.75, 3.05) is 24.2 Å². The van der Waals surface area contributed by atoms with Crippen LogP contribution in [-0.4, -0.2) is 47.2 Å². The van der Waals surface area contributed by atoms with Crippen molar-refractivity contribution in [2.24, 2.45) is 11.8 Å². The largest absolute Gasteiger partial charge is 0.356 e. The van der Waals surface area contributed by atoms with Gasteiger partial charge in [-0.3, -0.25) is 4.79 Å². The number of hydrogen-bond acceptors (Lipinski definition) is 4. The molecule has 2 bridgehead atoms. The Morgan fingerprint density at radius 1 is 1.28 bits per heavy atom. The summed E-state index contributed by atoms with van der Waals surface area (Å²) in [6.07, 6.45) is 8.69. The fraction of sp³-hybridized carbons (Fsp3) is 0.700. The Morgan fingerprint density at radius 2 is 2.12 bits per heavy atom. The lowest BCUT2D eigenvalue weighted by Crippen LogP contribution is -2.65. The molecule has 0 radical (unpaired) electrons. The summed E-state index contributed by atoms with van der Waals surface area (Å²) >= 11 is 1.70. The molecule has 3 aliphatic heterocycles. The molecule has 1 aromatic rings. The molecule has 5 heteroatoms. The van der Waals surface area contributed by atoms with Crippen molar-refractivity contribution >= 4 is 23.5 Å². The van der Waals surface area contributed by atoms with E-state index in [0.717, 1.165) is 49.6 Å². The van der Waals surface area contributed by atoms with Gasteiger partial charge in [0, 0.05) is 31.6 Å². The van der Waals surface area contributed by atoms with E-state index in [1.165, 1.54) is 12.8 Å². The van der Waals surface area contributed by atoms with Gasteiger partial charge >= 0.3 is 0 Å². The van der Waals surface area contributed by atoms with Gasteiger partial charge in [0.2, 0.25) is 5.91 Å². The second-order valence-electron chi connectivity index (χ2n) is 7.82. The number of thioether (sulfide) groups is 1. The number of hydrogen-bond donors (Lipinski definition) is 0. The Balaban J connectivity index is 1.62. The van der Waals surface area contributed by atoms with Crippen molar-refractivity contribution < 1.29 is 4.79 Å². The molecule has 136 valence electrons. The highest BCUT2D eigenvalue weighted by Gasteiger charge is 2.49. The summed E-state index contributed by atoms with van der Waals surface area (Å²) in [7, 11) is 0. The third kappa shape index (κ3) is 3.16. The average Bonchev–Trinajstić information content (AvgIpc) is 2.65. The second kappa shape index (κ2) is 7.18. The molecule has 4 heterocycles. The van der Waals surface area contributed by atoms with Crippen molar-refractivity contribution in [1.29, 1.82) is 0 Å². The third-order valence-corrected chi connectivity index (χ3v) is 6.97. The van der Waals surface area contributed by atoms with Crippen LogP contribution in [0.25, 0.3) is 0 Å². The first-order valence-corrected chi connectivity index (χ1v) is 11.0. The molecule has 0 spiro atoms. The molecular weight excluding hydrogens is 330 g/mol. The zero-order valence-corrected chi connectivity index (χ0v) is 16.2. The first kappa shape index (κ1) is 17.2. The number of aromatic nitrogens is 1. The number of carbonyl (C=O) groups excluding carboxylic acids is 1. The molecule has 3 saturated heterocycles. The van der Waals surface area contributed by atoms with Crippen LogP contribution in [0.15, 0.2) is 23.2 Å². The SMILES string of the molecule is CCC[C@H]1[C@H]2C[C@H](CN(c3cccc(SC)n3)C2)[C@@H]2CCCC(=O)N21. The summed E-state index contributed by atoms with van der Waals surface area (Å²) in [4.78, 5) is 22.3. The maximum Gasteiger partial charge on any atom is 0.223 e. The van der Waals surface area contributed by atoms with Gasteiger partial charge in [0.05, 0.1) is 5.03 Å². The van der Waals surface area contributed by atoms with Crippen LogP contribution in [0.5, 0.6) is 0 Å². The number of rotatable bonds is 4. The van der Waals surface area contributed by atoms with E-state index in [9.17, 15) is 4.79 Å². The van der Waals surface area contributed by atoms with Gasteiger partial charge in [-0.15, -0.1) is 11.8 Å². The molecule has 0 aliphatic carbocycles. The maximum atomic E-state index is 12.7. The number of amides is 1. The van der Waals surface area contributed by atoms with Gasteiger partial charge in [-0.2, -0.15) is 0 Å². The summed E-state index contributed by atoms with van der Waals surface area (Å²) in [6.45, 7) is 4.34. The van der Waals surface area contributed by atoms with Gasteiger partial charge in [-0.25, -0.2) is 4.98 Å². The zero-order valence-electron chi connectivity index (χ0n) is 15.4. The number of nitrogens with zero attached hydrogens (tertiary/aromatic N) is 3. The molecule has 0 aromatic carbocycles. The van der Waals surface area contributed by atoms with Crippen LogP contribution in [0.3, 0.4) is 0 Å². The molecular formula is C20H29N3OS. The second-order valence-corrected chi connectivity index (χ2v) is 8.64. The Bertz CT molecular complexity index is 637. The summed E-state index contributed by atoms with van der Waals surface area (Å²) in [5.41, 5.74) is 0. The van der Waals surface area contributed by atoms with Crippen molar-refractivity contribution in [3.8, 4) is 0 Å². The zero-order chi connectivity index (χ0) is 17.4. The first-order valence-electron chi connectivity index (χ1n) is 9.78. The minimum atomic E-state index is 0.417. The highest BCUT2D eigenvalue weighted by Crippen LogP contribution is 2.43. The monoisotopic (exact) mass is 359 g/mol. The van der Waals surface area contributed by atoms with Crippen LogP contribution in [0.1, 0.15) is 45.4 Å². The predicted molar refractivity (Wildman–Crippen MR) is 103 cm³/mol. The normalized spacial score (nSPS) is 31.8. The van der Waals surface area contributed by atoms with Crippen LogP contribution < -0.4 is 4.90 Å². The highest BCUT2D eigenvalue weighted by atomic mass is 32.2. The molecule has 1 aromatic heterocycles. The van der Waals surface area contributed by atoms with Crippen molar-refractivity contribution in [3.63, 3.8) is 0 Å². The number of carbonyl (C=O) groups is 1. The highest BCUT2D eigenvalue weighted by molar-refractivity contribution is 7.98. The molecule has 1 amide bonds. The lowest BCUT2D eigenvalue weighted by atomic mass is 9.71. The summed E-state index contributed by atoms with van der Waals surface area (Å²) in [5, 5.41) is 1.09. The van der Waals surface area contributed by atoms with E-state index < -0.39 is 0 Å². The van der Waals surface area contributed by atoms with Crippen LogP contribution in [-0.2, 0) is 4.79 Å². The number of anilines is 1. The van der Waals surface area contributed by atoms with Crippen LogP contribution in [0.4, 0.5) is 5.82 Å². The van der Waals surface area contributed by atoms with Crippen molar-refractivity contribution in [2.45, 2.75) is 62.6 Å². The van der Waals surface area contributed by atoms with Gasteiger partial charge in [0.1, 0.15) is 5.82 Å². The van der Waals surface area contributed by atoms with Crippen LogP contribution in [0, 0.1) is 11.8 Å². The first-order chi connectivity index (χ1) is 12.2. The molecule has 4 atom stereocenters. The molecule has 25 heavy (non-hydrogen) atoms. The standard InChI is InChI=1S/C20H29N3OS/c1-3-6-16-14-11-15(17-7-4-10-20(24)23(16)17)13-22(12-14)18-8-5-9-19(21-18)25-2/h5,8-9,14-17H,3-4,6-7,10-13H2,1-2H3/t14-,15+,16-,17-/m0/s1. The van der Waals surface area contributed by atoms with E-state index in [2.05, 4.69) is 41.2 Å². The summed E-state index contributed by atoms with van der Waals surface area (Å²) in [6, 6.07) is 7.25. The molecule has 4 nitrogen and oxygen atoms in total. The minimum Gasteiger partial charge on any atom is -0.356 e. The van der Waals surface area contributed by atoms with Crippen LogP contribution >= 0.6 is 11.8 Å². The molecule has 0 unspecified atom stereocenters. The van der Waals surface area contributed by atoms with Gasteiger partial charge < -0.3 is 9.80 Å². The number of fused-ring (bicyclic) bond motifs is 4. The smallest absolute Gasteiger partial charge is 0.223 e. The van der Waals surface area contributed by atoms with Crippen LogP contribution in [0.2, 0.25) is 0 Å². The third-order valence-electron chi connectivity index (χ3n) is 6.32. The quantitative estimate of drug-likeness (QED) is 0.766. The van der Waals surface area contributed by atoms with E-state index in [0.29, 0.717) is 29.8 Å². The molecule has 0 N–H and O–H groups in total. The number of piperidine rings is 3. The topological polar surface area (TPSA) is 36.4 Å². The number of pyridine rings is 1. The minimum absolute atomic E-state index is 0.417. The maximum absolute atomic E-state index is 12.7. The Hall–Kier alpha value is -1.23. The lowest BCUT2D eigenvalue weighted by molar-refractivity contribution is -0.149. The van der Waals surface area contributed by atoms with Crippen molar-refractivity contribution in [1.82, 2.24) is 9.88 Å². The lowest BCUT2D eigenvalue weighted by Gasteiger charge is -2.57. The van der Waals surface area contributed by atoms with E-state index in [1.807, 2.05) is 0 Å². The fourth-order valence-electron chi connectivity index (χ4n) is 5.32. The van der Waals surface area contributed by atoms with Gasteiger partial charge in [-0.1, -0.05) is 19.4 Å². The predicted octanol–water partition coefficient (Wildman–Crippen LogP) is 3.81. The van der Waals surface area contributed by atoms with E-state index in [4.69, 9.17) is 4.98 Å². The Morgan fingerprint density at radius 3 is 2.92 bits per heavy atom. The average molecular weight is 360 g/mol. The summed E-state index contributed by atoms with van der Waals surface area (Å²) < 4.78 is 0. The fourth-order valence-corrected chi connectivity index (χ4v) is 5.72. The van der Waals surface area contributed by atoms with E-state index in [-0.39, 0.29) is 0 Å². The van der Waals surface area contributed by atoms with Gasteiger partial charge in [0.15, 0.2) is 0 Å². The Kier molecular flexibility index (Phi) is 4.94. The molecule has 4 rings (SSSR count). The summed E-state index contributed by atoms with van der Waals surface area (Å²) in [5.74, 6) is 2.74. The molecule has 0 saturated carbocycles. The van der Waals surface area contributed by atoms with E-state index >= 15 is 0 Å². The molecule has 3 fully saturated rings. The Labute approximate surface area is 155 Å². The van der Waals surface area contributed by atoms with Gasteiger partial charge in [-0.05, 0) is 55.9 Å². The van der Waals surface area contributed by atoms with Crippen molar-refractivity contribution in [3.05, 3.63) is 18.2 Å². The van der Waals surface area contributed by atoms with E-state index in [1.54, 1.807) is 11.8 Å². The molecule has 3 aliphatic rings.